The van der Waals surface area contributed by atoms with Gasteiger partial charge in [0.15, 0.2) is 0 Å². The summed E-state index contributed by atoms with van der Waals surface area (Å²) in [6.07, 6.45) is 3.50. The molecule has 0 saturated carbocycles. The van der Waals surface area contributed by atoms with E-state index in [2.05, 4.69) is 34.0 Å². The zero-order valence-electron chi connectivity index (χ0n) is 7.19. The second-order valence-electron chi connectivity index (χ2n) is 3.56. The van der Waals surface area contributed by atoms with Crippen LogP contribution in [0.1, 0.15) is 34.1 Å². The summed E-state index contributed by atoms with van der Waals surface area (Å²) >= 11 is 1.96. The van der Waals surface area contributed by atoms with Crippen molar-refractivity contribution in [3.8, 4) is 0 Å². The molecule has 0 radical (unpaired) electrons. The van der Waals surface area contributed by atoms with Crippen molar-refractivity contribution in [1.82, 2.24) is 0 Å². The maximum absolute atomic E-state index is 2.30. The molecular formula is C8H18S. The van der Waals surface area contributed by atoms with Crippen LogP contribution in [0.4, 0.5) is 0 Å². The van der Waals surface area contributed by atoms with E-state index in [4.69, 9.17) is 0 Å². The van der Waals surface area contributed by atoms with Crippen LogP contribution in [0.3, 0.4) is 0 Å². The van der Waals surface area contributed by atoms with Crippen LogP contribution in [0.15, 0.2) is 0 Å². The second kappa shape index (κ2) is 3.50. The van der Waals surface area contributed by atoms with E-state index in [0.29, 0.717) is 4.75 Å². The van der Waals surface area contributed by atoms with E-state index in [0.717, 1.165) is 5.92 Å². The van der Waals surface area contributed by atoms with Gasteiger partial charge in [-0.15, -0.1) is 0 Å². The van der Waals surface area contributed by atoms with Crippen molar-refractivity contribution in [2.45, 2.75) is 38.9 Å². The van der Waals surface area contributed by atoms with Crippen LogP contribution in [0, 0.1) is 5.92 Å². The van der Waals surface area contributed by atoms with Crippen LogP contribution >= 0.6 is 11.8 Å². The molecule has 0 rings (SSSR count). The first-order chi connectivity index (χ1) is 3.98. The van der Waals surface area contributed by atoms with Crippen molar-refractivity contribution in [2.24, 2.45) is 5.92 Å². The molecule has 0 fully saturated rings. The lowest BCUT2D eigenvalue weighted by molar-refractivity contribution is 0.504. The first-order valence-electron chi connectivity index (χ1n) is 3.53. The first-order valence-corrected chi connectivity index (χ1v) is 4.75. The second-order valence-corrected chi connectivity index (χ2v) is 5.08. The quantitative estimate of drug-likeness (QED) is 0.589. The average molecular weight is 146 g/mol. The molecule has 0 nitrogen and oxygen atoms in total. The third kappa shape index (κ3) is 4.83. The molecule has 0 aliphatic carbocycles. The van der Waals surface area contributed by atoms with Crippen LogP contribution in [-0.4, -0.2) is 11.0 Å². The van der Waals surface area contributed by atoms with Gasteiger partial charge in [0.1, 0.15) is 0 Å². The molecule has 0 amide bonds. The van der Waals surface area contributed by atoms with Gasteiger partial charge in [-0.05, 0) is 18.6 Å². The van der Waals surface area contributed by atoms with Crippen molar-refractivity contribution in [3.63, 3.8) is 0 Å². The Balaban J connectivity index is 3.58. The Morgan fingerprint density at radius 2 is 1.78 bits per heavy atom. The normalized spacial score (nSPS) is 12.7. The molecule has 9 heavy (non-hydrogen) atoms. The smallest absolute Gasteiger partial charge is 0.0103 e. The van der Waals surface area contributed by atoms with Gasteiger partial charge in [0, 0.05) is 4.75 Å². The summed E-state index contributed by atoms with van der Waals surface area (Å²) in [6, 6.07) is 0. The van der Waals surface area contributed by atoms with Crippen LogP contribution in [0.2, 0.25) is 0 Å². The highest BCUT2D eigenvalue weighted by Crippen LogP contribution is 2.28. The lowest BCUT2D eigenvalue weighted by Crippen LogP contribution is -2.16. The Bertz CT molecular complexity index is 74.6. The topological polar surface area (TPSA) is 0 Å². The Hall–Kier alpha value is 0.350. The maximum atomic E-state index is 2.30. The molecular weight excluding hydrogens is 128 g/mol. The van der Waals surface area contributed by atoms with Gasteiger partial charge in [-0.1, -0.05) is 27.7 Å². The van der Waals surface area contributed by atoms with Gasteiger partial charge in [-0.2, -0.15) is 11.8 Å². The van der Waals surface area contributed by atoms with Crippen molar-refractivity contribution >= 4 is 11.8 Å². The van der Waals surface area contributed by atoms with Gasteiger partial charge >= 0.3 is 0 Å². The predicted molar refractivity (Wildman–Crippen MR) is 47.0 cm³/mol. The largest absolute Gasteiger partial charge is 0.159 e. The molecule has 0 aromatic rings. The fraction of sp³-hybridized carbons (Fsp3) is 1.00. The fourth-order valence-corrected chi connectivity index (χ4v) is 1.57. The Morgan fingerprint density at radius 3 is 1.89 bits per heavy atom. The van der Waals surface area contributed by atoms with Crippen molar-refractivity contribution in [1.29, 1.82) is 0 Å². The van der Waals surface area contributed by atoms with Gasteiger partial charge in [0.25, 0.3) is 0 Å². The fourth-order valence-electron chi connectivity index (χ4n) is 1.07. The maximum Gasteiger partial charge on any atom is 0.0103 e. The molecule has 0 aliphatic rings. The Morgan fingerprint density at radius 1 is 1.33 bits per heavy atom. The average Bonchev–Trinajstić information content (AvgIpc) is 1.63. The summed E-state index contributed by atoms with van der Waals surface area (Å²) in [5.74, 6) is 0.826. The highest BCUT2D eigenvalue weighted by molar-refractivity contribution is 7.99. The van der Waals surface area contributed by atoms with Gasteiger partial charge in [-0.25, -0.2) is 0 Å². The summed E-state index contributed by atoms with van der Waals surface area (Å²) in [5, 5.41) is 0. The molecule has 0 heterocycles. The number of thioether (sulfide) groups is 1. The standard InChI is InChI=1S/C8H18S/c1-7(2)6-8(3,4)9-5/h7H,6H2,1-5H3. The van der Waals surface area contributed by atoms with Gasteiger partial charge < -0.3 is 0 Å². The van der Waals surface area contributed by atoms with E-state index in [-0.39, 0.29) is 0 Å². The van der Waals surface area contributed by atoms with E-state index >= 15 is 0 Å². The minimum atomic E-state index is 0.480. The third-order valence-corrected chi connectivity index (χ3v) is 2.72. The van der Waals surface area contributed by atoms with Crippen molar-refractivity contribution in [3.05, 3.63) is 0 Å². The summed E-state index contributed by atoms with van der Waals surface area (Å²) in [4.78, 5) is 0. The van der Waals surface area contributed by atoms with Crippen LogP contribution in [-0.2, 0) is 0 Å². The minimum absolute atomic E-state index is 0.480. The van der Waals surface area contributed by atoms with Crippen molar-refractivity contribution in [2.75, 3.05) is 6.26 Å². The molecule has 0 unspecified atom stereocenters. The van der Waals surface area contributed by atoms with E-state index in [1.54, 1.807) is 0 Å². The van der Waals surface area contributed by atoms with Gasteiger partial charge in [-0.3, -0.25) is 0 Å². The summed E-state index contributed by atoms with van der Waals surface area (Å²) < 4.78 is 0.480. The van der Waals surface area contributed by atoms with Gasteiger partial charge in [0.05, 0.1) is 0 Å². The summed E-state index contributed by atoms with van der Waals surface area (Å²) in [6.45, 7) is 9.16. The van der Waals surface area contributed by atoms with E-state index in [1.807, 2.05) is 11.8 Å². The van der Waals surface area contributed by atoms with Crippen LogP contribution in [0.5, 0.6) is 0 Å². The monoisotopic (exact) mass is 146 g/mol. The lowest BCUT2D eigenvalue weighted by atomic mass is 10.0. The Kier molecular flexibility index (Phi) is 3.64. The first kappa shape index (κ1) is 9.35. The number of rotatable bonds is 3. The molecule has 0 atom stereocenters. The van der Waals surface area contributed by atoms with Crippen LogP contribution < -0.4 is 0 Å². The highest BCUT2D eigenvalue weighted by atomic mass is 32.2. The molecule has 0 aromatic heterocycles. The van der Waals surface area contributed by atoms with E-state index in [9.17, 15) is 0 Å². The number of hydrogen-bond donors (Lipinski definition) is 0. The zero-order valence-corrected chi connectivity index (χ0v) is 8.01. The van der Waals surface area contributed by atoms with Gasteiger partial charge in [0.2, 0.25) is 0 Å². The van der Waals surface area contributed by atoms with E-state index < -0.39 is 0 Å². The van der Waals surface area contributed by atoms with Crippen molar-refractivity contribution < 1.29 is 0 Å². The van der Waals surface area contributed by atoms with E-state index in [1.165, 1.54) is 6.42 Å². The highest BCUT2D eigenvalue weighted by Gasteiger charge is 2.16. The third-order valence-electron chi connectivity index (χ3n) is 1.45. The molecule has 1 heteroatoms. The number of hydrogen-bond acceptors (Lipinski definition) is 1. The predicted octanol–water partition coefficient (Wildman–Crippen LogP) is 3.17. The minimum Gasteiger partial charge on any atom is -0.159 e. The summed E-state index contributed by atoms with van der Waals surface area (Å²) in [7, 11) is 0. The molecule has 0 saturated heterocycles. The molecule has 0 aromatic carbocycles. The molecule has 0 bridgehead atoms. The molecule has 0 aliphatic heterocycles. The Labute approximate surface area is 63.4 Å². The molecule has 56 valence electrons. The molecule has 0 spiro atoms. The SMILES string of the molecule is CSC(C)(C)CC(C)C. The van der Waals surface area contributed by atoms with Crippen LogP contribution in [0.25, 0.3) is 0 Å². The molecule has 0 N–H and O–H groups in total. The lowest BCUT2D eigenvalue weighted by Gasteiger charge is -2.23. The summed E-state index contributed by atoms with van der Waals surface area (Å²) in [5.41, 5.74) is 0. The zero-order chi connectivity index (χ0) is 7.49.